The molecular formula is C29H36N2O15. The van der Waals surface area contributed by atoms with Crippen LogP contribution in [-0.4, -0.2) is 88.6 Å². The summed E-state index contributed by atoms with van der Waals surface area (Å²) >= 11 is 0. The fourth-order valence-electron chi connectivity index (χ4n) is 3.38. The van der Waals surface area contributed by atoms with Crippen LogP contribution in [0, 0.1) is 0 Å². The molecule has 0 saturated carbocycles. The summed E-state index contributed by atoms with van der Waals surface area (Å²) in [5.41, 5.74) is -1.17. The second-order valence-corrected chi connectivity index (χ2v) is 10.3. The van der Waals surface area contributed by atoms with Gasteiger partial charge in [-0.1, -0.05) is 12.1 Å². The van der Waals surface area contributed by atoms with E-state index in [1.54, 1.807) is 20.8 Å². The smallest absolute Gasteiger partial charge is 0.408 e. The Morgan fingerprint density at radius 2 is 1.57 bits per heavy atom. The highest BCUT2D eigenvalue weighted by molar-refractivity contribution is 5.94. The molecule has 46 heavy (non-hydrogen) atoms. The predicted octanol–water partition coefficient (Wildman–Crippen LogP) is 2.54. The maximum atomic E-state index is 13.0. The number of benzene rings is 2. The molecule has 0 radical (unpaired) electrons. The summed E-state index contributed by atoms with van der Waals surface area (Å²) in [6.45, 7) is 6.10. The summed E-state index contributed by atoms with van der Waals surface area (Å²) in [4.78, 5) is 66.2. The van der Waals surface area contributed by atoms with E-state index in [4.69, 9.17) is 38.8 Å². The van der Waals surface area contributed by atoms with E-state index in [1.807, 2.05) is 0 Å². The largest absolute Gasteiger partial charge is 0.490 e. The molecule has 0 aliphatic carbocycles. The van der Waals surface area contributed by atoms with Gasteiger partial charge >= 0.3 is 30.0 Å². The van der Waals surface area contributed by atoms with Crippen molar-refractivity contribution in [1.82, 2.24) is 10.7 Å². The Morgan fingerprint density at radius 3 is 2.20 bits per heavy atom. The van der Waals surface area contributed by atoms with Gasteiger partial charge in [-0.15, -0.1) is 0 Å². The van der Waals surface area contributed by atoms with E-state index in [2.05, 4.69) is 10.2 Å². The molecule has 2 unspecified atom stereocenters. The third kappa shape index (κ3) is 13.0. The highest BCUT2D eigenvalue weighted by Crippen LogP contribution is 2.30. The average Bonchev–Trinajstić information content (AvgIpc) is 2.94. The predicted molar refractivity (Wildman–Crippen MR) is 152 cm³/mol. The zero-order valence-electron chi connectivity index (χ0n) is 25.7. The van der Waals surface area contributed by atoms with Gasteiger partial charge in [0.2, 0.25) is 6.79 Å². The van der Waals surface area contributed by atoms with Crippen LogP contribution in [0.3, 0.4) is 0 Å². The molecular weight excluding hydrogens is 616 g/mol. The van der Waals surface area contributed by atoms with E-state index in [9.17, 15) is 29.1 Å². The number of aliphatic hydroxyl groups is 1. The Balaban J connectivity index is 2.19. The number of esters is 4. The lowest BCUT2D eigenvalue weighted by molar-refractivity contribution is -0.492. The third-order valence-corrected chi connectivity index (χ3v) is 5.29. The molecule has 0 aromatic heterocycles. The SMILES string of the molecule is CC(=O)Oc1ccccc1C(=O)OCOC(=O)c1ccc(OCCCON(O)O)c(OC(=O)C(NC(=O)OC(C)(C)C)C(C)O)c1. The molecule has 4 N–H and O–H groups in total. The van der Waals surface area contributed by atoms with Crippen LogP contribution in [0.2, 0.25) is 0 Å². The van der Waals surface area contributed by atoms with Gasteiger partial charge in [-0.3, -0.25) is 20.0 Å². The topological polar surface area (TPSA) is 226 Å². The minimum Gasteiger partial charge on any atom is -0.490 e. The van der Waals surface area contributed by atoms with Gasteiger partial charge in [0.05, 0.1) is 30.3 Å². The second kappa shape index (κ2) is 17.6. The molecule has 17 nitrogen and oxygen atoms in total. The molecule has 0 bridgehead atoms. The van der Waals surface area contributed by atoms with Gasteiger partial charge in [0.25, 0.3) is 0 Å². The molecule has 2 rings (SSSR count). The number of hydrogen-bond acceptors (Lipinski definition) is 16. The van der Waals surface area contributed by atoms with Gasteiger partial charge in [-0.2, -0.15) is 0 Å². The van der Waals surface area contributed by atoms with Crippen molar-refractivity contribution >= 4 is 30.0 Å². The number of para-hydroxylation sites is 1. The van der Waals surface area contributed by atoms with Gasteiger partial charge in [0.1, 0.15) is 16.9 Å². The lowest BCUT2D eigenvalue weighted by atomic mass is 10.1. The summed E-state index contributed by atoms with van der Waals surface area (Å²) in [6.07, 6.45) is -2.30. The second-order valence-electron chi connectivity index (χ2n) is 10.3. The van der Waals surface area contributed by atoms with Crippen molar-refractivity contribution in [2.45, 2.75) is 58.8 Å². The van der Waals surface area contributed by atoms with Crippen LogP contribution in [0.15, 0.2) is 42.5 Å². The molecule has 2 aromatic carbocycles. The number of rotatable bonds is 15. The minimum atomic E-state index is -1.60. The first kappa shape index (κ1) is 37.4. The fourth-order valence-corrected chi connectivity index (χ4v) is 3.38. The van der Waals surface area contributed by atoms with Gasteiger partial charge in [-0.05, 0) is 58.0 Å². The molecule has 17 heteroatoms. The van der Waals surface area contributed by atoms with Gasteiger partial charge in [0, 0.05) is 13.3 Å². The number of aliphatic hydroxyl groups excluding tert-OH is 1. The van der Waals surface area contributed by atoms with Crippen LogP contribution in [0.4, 0.5) is 4.79 Å². The summed E-state index contributed by atoms with van der Waals surface area (Å²) < 4.78 is 31.0. The number of carbonyl (C=O) groups excluding carboxylic acids is 5. The van der Waals surface area contributed by atoms with E-state index in [0.717, 1.165) is 13.0 Å². The third-order valence-electron chi connectivity index (χ3n) is 5.29. The highest BCUT2D eigenvalue weighted by atomic mass is 17.1. The Morgan fingerprint density at radius 1 is 0.891 bits per heavy atom. The molecule has 2 aromatic rings. The first-order valence-electron chi connectivity index (χ1n) is 13.7. The van der Waals surface area contributed by atoms with Crippen molar-refractivity contribution in [3.8, 4) is 17.2 Å². The van der Waals surface area contributed by atoms with Crippen LogP contribution in [0.25, 0.3) is 0 Å². The minimum absolute atomic E-state index is 0.0540. The lowest BCUT2D eigenvalue weighted by Crippen LogP contribution is -2.50. The summed E-state index contributed by atoms with van der Waals surface area (Å²) in [6, 6.07) is 7.74. The molecule has 0 fully saturated rings. The number of nitrogens with zero attached hydrogens (tertiary/aromatic N) is 1. The van der Waals surface area contributed by atoms with Crippen LogP contribution in [0.5, 0.6) is 17.2 Å². The van der Waals surface area contributed by atoms with Crippen molar-refractivity contribution in [3.63, 3.8) is 0 Å². The number of carbonyl (C=O) groups is 5. The Kier molecular flexibility index (Phi) is 14.3. The molecule has 252 valence electrons. The molecule has 1 amide bonds. The molecule has 0 saturated heterocycles. The first-order valence-corrected chi connectivity index (χ1v) is 13.7. The summed E-state index contributed by atoms with van der Waals surface area (Å²) in [5.74, 6) is -4.20. The Hall–Kier alpha value is -4.81. The van der Waals surface area contributed by atoms with Crippen LogP contribution in [-0.2, 0) is 28.6 Å². The molecule has 0 aliphatic heterocycles. The zero-order valence-corrected chi connectivity index (χ0v) is 25.7. The van der Waals surface area contributed by atoms with Gasteiger partial charge < -0.3 is 38.8 Å². The number of ether oxygens (including phenoxy) is 6. The number of amides is 1. The molecule has 0 spiro atoms. The van der Waals surface area contributed by atoms with E-state index in [-0.39, 0.29) is 48.0 Å². The van der Waals surface area contributed by atoms with Crippen molar-refractivity contribution in [3.05, 3.63) is 53.6 Å². The Bertz CT molecular complexity index is 1370. The maximum absolute atomic E-state index is 13.0. The summed E-state index contributed by atoms with van der Waals surface area (Å²) in [7, 11) is 0. The standard InChI is InChI=1S/C29H36N2O15/c1-17(32)24(30-28(37)46-29(3,4)5)27(36)45-23-15-19(11-12-22(23)40-13-8-14-43-31(38)39)25(34)41-16-42-26(35)20-9-6-7-10-21(20)44-18(2)33/h6-7,9-12,15,17,24,32,38-39H,8,13-14,16H2,1-5H3,(H,30,37). The molecule has 0 heterocycles. The Labute approximate surface area is 263 Å². The molecule has 2 atom stereocenters. The average molecular weight is 653 g/mol. The van der Waals surface area contributed by atoms with Gasteiger partial charge in [0.15, 0.2) is 17.5 Å². The van der Waals surface area contributed by atoms with Crippen molar-refractivity contribution in [2.24, 2.45) is 0 Å². The van der Waals surface area contributed by atoms with E-state index >= 15 is 0 Å². The summed E-state index contributed by atoms with van der Waals surface area (Å²) in [5, 5.41) is 29.2. The van der Waals surface area contributed by atoms with Crippen LogP contribution >= 0.6 is 0 Å². The van der Waals surface area contributed by atoms with Crippen LogP contribution in [0.1, 0.15) is 61.8 Å². The van der Waals surface area contributed by atoms with E-state index < -0.39 is 59.9 Å². The van der Waals surface area contributed by atoms with Crippen molar-refractivity contribution < 1.29 is 72.8 Å². The number of alkyl carbamates (subject to hydrolysis) is 1. The normalized spacial score (nSPS) is 12.4. The first-order chi connectivity index (χ1) is 21.6. The van der Waals surface area contributed by atoms with Crippen LogP contribution < -0.4 is 19.5 Å². The maximum Gasteiger partial charge on any atom is 0.408 e. The highest BCUT2D eigenvalue weighted by Gasteiger charge is 2.31. The van der Waals surface area contributed by atoms with Crippen molar-refractivity contribution in [2.75, 3.05) is 20.0 Å². The molecule has 0 aliphatic rings. The van der Waals surface area contributed by atoms with E-state index in [0.29, 0.717) is 0 Å². The van der Waals surface area contributed by atoms with Gasteiger partial charge in [-0.25, -0.2) is 19.2 Å². The lowest BCUT2D eigenvalue weighted by Gasteiger charge is -2.24. The monoisotopic (exact) mass is 652 g/mol. The quantitative estimate of drug-likeness (QED) is 0.0713. The van der Waals surface area contributed by atoms with Crippen molar-refractivity contribution in [1.29, 1.82) is 0 Å². The number of hydrogen-bond donors (Lipinski definition) is 4. The zero-order chi connectivity index (χ0) is 34.4. The van der Waals surface area contributed by atoms with E-state index in [1.165, 1.54) is 43.3 Å². The fraction of sp³-hybridized carbons (Fsp3) is 0.414. The number of nitrogens with one attached hydrogen (secondary N) is 1.